The van der Waals surface area contributed by atoms with Crippen molar-refractivity contribution >= 4 is 5.91 Å². The van der Waals surface area contributed by atoms with Crippen molar-refractivity contribution in [1.29, 1.82) is 0 Å². The topological polar surface area (TPSA) is 50.8 Å². The van der Waals surface area contributed by atoms with Gasteiger partial charge in [-0.05, 0) is 32.4 Å². The first-order valence-electron chi connectivity index (χ1n) is 8.06. The number of piperazine rings is 1. The number of nitrogens with one attached hydrogen (secondary N) is 1. The van der Waals surface area contributed by atoms with Gasteiger partial charge in [0.2, 0.25) is 5.91 Å². The predicted molar refractivity (Wildman–Crippen MR) is 86.4 cm³/mol. The van der Waals surface area contributed by atoms with E-state index in [9.17, 15) is 4.79 Å². The summed E-state index contributed by atoms with van der Waals surface area (Å²) in [5.41, 5.74) is 0. The molecule has 122 valence electrons. The van der Waals surface area contributed by atoms with Crippen molar-refractivity contribution in [3.05, 3.63) is 24.3 Å². The van der Waals surface area contributed by atoms with E-state index in [2.05, 4.69) is 12.2 Å². The largest absolute Gasteiger partial charge is 0.490 e. The van der Waals surface area contributed by atoms with Crippen molar-refractivity contribution in [2.24, 2.45) is 0 Å². The van der Waals surface area contributed by atoms with Gasteiger partial charge < -0.3 is 19.7 Å². The molecule has 1 atom stereocenters. The second kappa shape index (κ2) is 8.63. The third kappa shape index (κ3) is 4.91. The second-order valence-electron chi connectivity index (χ2n) is 5.53. The van der Waals surface area contributed by atoms with Crippen LogP contribution in [0.5, 0.6) is 11.5 Å². The van der Waals surface area contributed by atoms with Crippen molar-refractivity contribution in [3.8, 4) is 11.5 Å². The van der Waals surface area contributed by atoms with Crippen LogP contribution in [-0.4, -0.2) is 49.7 Å². The standard InChI is InChI=1S/C17H26N2O3/c1-3-21-15-7-4-5-8-16(15)22-12-6-9-17(20)19-11-10-18-14(2)13-19/h4-5,7-8,14,18H,3,6,9-13H2,1-2H3/t14-/m0/s1. The van der Waals surface area contributed by atoms with Gasteiger partial charge in [0.05, 0.1) is 13.2 Å². The minimum Gasteiger partial charge on any atom is -0.490 e. The highest BCUT2D eigenvalue weighted by Crippen LogP contribution is 2.26. The van der Waals surface area contributed by atoms with Gasteiger partial charge in [-0.15, -0.1) is 0 Å². The first kappa shape index (κ1) is 16.6. The summed E-state index contributed by atoms with van der Waals surface area (Å²) >= 11 is 0. The molecule has 1 aromatic rings. The van der Waals surface area contributed by atoms with E-state index in [0.717, 1.165) is 37.6 Å². The molecule has 1 amide bonds. The Morgan fingerprint density at radius 3 is 2.73 bits per heavy atom. The number of hydrogen-bond donors (Lipinski definition) is 1. The predicted octanol–water partition coefficient (Wildman–Crippen LogP) is 2.06. The fourth-order valence-electron chi connectivity index (χ4n) is 2.57. The van der Waals surface area contributed by atoms with Gasteiger partial charge in [-0.3, -0.25) is 4.79 Å². The van der Waals surface area contributed by atoms with Gasteiger partial charge in [0.25, 0.3) is 0 Å². The molecule has 0 bridgehead atoms. The van der Waals surface area contributed by atoms with Crippen molar-refractivity contribution < 1.29 is 14.3 Å². The van der Waals surface area contributed by atoms with Gasteiger partial charge in [0, 0.05) is 32.1 Å². The van der Waals surface area contributed by atoms with E-state index in [1.165, 1.54) is 0 Å². The lowest BCUT2D eigenvalue weighted by Crippen LogP contribution is -2.51. The molecule has 0 aromatic heterocycles. The Labute approximate surface area is 132 Å². The van der Waals surface area contributed by atoms with E-state index < -0.39 is 0 Å². The van der Waals surface area contributed by atoms with E-state index in [0.29, 0.717) is 25.7 Å². The first-order chi connectivity index (χ1) is 10.7. The molecule has 1 aromatic carbocycles. The molecule has 1 N–H and O–H groups in total. The number of para-hydroxylation sites is 2. The zero-order valence-corrected chi connectivity index (χ0v) is 13.5. The summed E-state index contributed by atoms with van der Waals surface area (Å²) in [4.78, 5) is 14.1. The molecule has 22 heavy (non-hydrogen) atoms. The quantitative estimate of drug-likeness (QED) is 0.784. The van der Waals surface area contributed by atoms with Crippen LogP contribution in [-0.2, 0) is 4.79 Å². The van der Waals surface area contributed by atoms with Gasteiger partial charge in [0.15, 0.2) is 11.5 Å². The number of carbonyl (C=O) groups excluding carboxylic acids is 1. The number of benzene rings is 1. The Bertz CT molecular complexity index is 479. The second-order valence-corrected chi connectivity index (χ2v) is 5.53. The average Bonchev–Trinajstić information content (AvgIpc) is 2.53. The van der Waals surface area contributed by atoms with Gasteiger partial charge in [-0.2, -0.15) is 0 Å². The first-order valence-corrected chi connectivity index (χ1v) is 8.06. The monoisotopic (exact) mass is 306 g/mol. The lowest BCUT2D eigenvalue weighted by atomic mass is 10.2. The molecule has 0 saturated carbocycles. The van der Waals surface area contributed by atoms with Gasteiger partial charge >= 0.3 is 0 Å². The summed E-state index contributed by atoms with van der Waals surface area (Å²) in [6, 6.07) is 8.02. The van der Waals surface area contributed by atoms with Crippen LogP contribution in [0.4, 0.5) is 0 Å². The molecule has 0 radical (unpaired) electrons. The number of carbonyl (C=O) groups is 1. The van der Waals surface area contributed by atoms with Crippen LogP contribution in [0.3, 0.4) is 0 Å². The number of hydrogen-bond acceptors (Lipinski definition) is 4. The molecule has 2 rings (SSSR count). The van der Waals surface area contributed by atoms with Crippen LogP contribution in [0.15, 0.2) is 24.3 Å². The summed E-state index contributed by atoms with van der Waals surface area (Å²) in [5.74, 6) is 1.72. The maximum atomic E-state index is 12.1. The smallest absolute Gasteiger partial charge is 0.222 e. The highest BCUT2D eigenvalue weighted by molar-refractivity contribution is 5.76. The van der Waals surface area contributed by atoms with Crippen LogP contribution < -0.4 is 14.8 Å². The third-order valence-electron chi connectivity index (χ3n) is 3.66. The van der Waals surface area contributed by atoms with Crippen LogP contribution >= 0.6 is 0 Å². The van der Waals surface area contributed by atoms with E-state index in [1.807, 2.05) is 36.1 Å². The molecule has 1 aliphatic heterocycles. The Morgan fingerprint density at radius 2 is 2.05 bits per heavy atom. The summed E-state index contributed by atoms with van der Waals surface area (Å²) in [6.07, 6.45) is 1.25. The molecule has 0 aliphatic carbocycles. The normalized spacial score (nSPS) is 18.1. The Hall–Kier alpha value is -1.75. The lowest BCUT2D eigenvalue weighted by molar-refractivity contribution is -0.132. The molecule has 0 spiro atoms. The van der Waals surface area contributed by atoms with Crippen LogP contribution in [0.1, 0.15) is 26.7 Å². The zero-order chi connectivity index (χ0) is 15.8. The van der Waals surface area contributed by atoms with E-state index >= 15 is 0 Å². The van der Waals surface area contributed by atoms with E-state index in [-0.39, 0.29) is 5.91 Å². The molecular formula is C17H26N2O3. The number of nitrogens with zero attached hydrogens (tertiary/aromatic N) is 1. The molecule has 5 nitrogen and oxygen atoms in total. The molecule has 1 saturated heterocycles. The maximum Gasteiger partial charge on any atom is 0.222 e. The van der Waals surface area contributed by atoms with Crippen molar-refractivity contribution in [1.82, 2.24) is 10.2 Å². The van der Waals surface area contributed by atoms with Crippen molar-refractivity contribution in [2.45, 2.75) is 32.7 Å². The molecular weight excluding hydrogens is 280 g/mol. The van der Waals surface area contributed by atoms with Crippen LogP contribution in [0.2, 0.25) is 0 Å². The van der Waals surface area contributed by atoms with Gasteiger partial charge in [0.1, 0.15) is 0 Å². The van der Waals surface area contributed by atoms with Gasteiger partial charge in [-0.25, -0.2) is 0 Å². The summed E-state index contributed by atoms with van der Waals surface area (Å²) in [6.45, 7) is 7.67. The van der Waals surface area contributed by atoms with E-state index in [1.54, 1.807) is 0 Å². The van der Waals surface area contributed by atoms with Crippen molar-refractivity contribution in [3.63, 3.8) is 0 Å². The molecule has 1 fully saturated rings. The molecule has 1 heterocycles. The Kier molecular flexibility index (Phi) is 6.52. The summed E-state index contributed by atoms with van der Waals surface area (Å²) < 4.78 is 11.3. The Morgan fingerprint density at radius 1 is 1.32 bits per heavy atom. The SMILES string of the molecule is CCOc1ccccc1OCCCC(=O)N1CCN[C@@H](C)C1. The number of rotatable bonds is 7. The summed E-state index contributed by atoms with van der Waals surface area (Å²) in [5, 5.41) is 3.34. The highest BCUT2D eigenvalue weighted by Gasteiger charge is 2.19. The Balaban J connectivity index is 1.71. The molecule has 5 heteroatoms. The van der Waals surface area contributed by atoms with Crippen LogP contribution in [0, 0.1) is 0 Å². The van der Waals surface area contributed by atoms with Crippen molar-refractivity contribution in [2.75, 3.05) is 32.8 Å². The minimum atomic E-state index is 0.218. The van der Waals surface area contributed by atoms with Gasteiger partial charge in [-0.1, -0.05) is 12.1 Å². The fraction of sp³-hybridized carbons (Fsp3) is 0.588. The number of amides is 1. The number of ether oxygens (including phenoxy) is 2. The maximum absolute atomic E-state index is 12.1. The zero-order valence-electron chi connectivity index (χ0n) is 13.5. The molecule has 1 aliphatic rings. The minimum absolute atomic E-state index is 0.218. The molecule has 0 unspecified atom stereocenters. The fourth-order valence-corrected chi connectivity index (χ4v) is 2.57. The average molecular weight is 306 g/mol. The van der Waals surface area contributed by atoms with Crippen LogP contribution in [0.25, 0.3) is 0 Å². The van der Waals surface area contributed by atoms with E-state index in [4.69, 9.17) is 9.47 Å². The highest BCUT2D eigenvalue weighted by atomic mass is 16.5. The third-order valence-corrected chi connectivity index (χ3v) is 3.66. The lowest BCUT2D eigenvalue weighted by Gasteiger charge is -2.32. The summed E-state index contributed by atoms with van der Waals surface area (Å²) in [7, 11) is 0.